The first-order chi connectivity index (χ1) is 14.6. The zero-order valence-electron chi connectivity index (χ0n) is 15.8. The van der Waals surface area contributed by atoms with Crippen molar-refractivity contribution in [3.63, 3.8) is 0 Å². The number of benzene rings is 3. The summed E-state index contributed by atoms with van der Waals surface area (Å²) in [5, 5.41) is 3.90. The van der Waals surface area contributed by atoms with Gasteiger partial charge in [-0.05, 0) is 36.4 Å². The number of aliphatic imine (C=N–C) groups is 1. The van der Waals surface area contributed by atoms with Gasteiger partial charge < -0.3 is 14.8 Å². The van der Waals surface area contributed by atoms with Gasteiger partial charge >= 0.3 is 0 Å². The Kier molecular flexibility index (Phi) is 4.28. The highest BCUT2D eigenvalue weighted by Gasteiger charge is 2.15. The molecular weight excluding hydrogens is 388 g/mol. The molecule has 0 atom stereocenters. The number of anilines is 2. The van der Waals surface area contributed by atoms with Crippen LogP contribution in [0.5, 0.6) is 17.4 Å². The second-order valence-corrected chi connectivity index (χ2v) is 6.71. The summed E-state index contributed by atoms with van der Waals surface area (Å²) in [5.74, 6) is -0.614. The van der Waals surface area contributed by atoms with Crippen molar-refractivity contribution in [3.8, 4) is 17.4 Å². The molecule has 0 amide bonds. The highest BCUT2D eigenvalue weighted by Crippen LogP contribution is 2.36. The molecule has 5 rings (SSSR count). The van der Waals surface area contributed by atoms with E-state index in [1.165, 1.54) is 7.11 Å². The van der Waals surface area contributed by atoms with Crippen molar-refractivity contribution in [1.29, 1.82) is 0 Å². The fourth-order valence-electron chi connectivity index (χ4n) is 3.27. The molecule has 2 heterocycles. The van der Waals surface area contributed by atoms with Crippen molar-refractivity contribution < 1.29 is 18.3 Å². The van der Waals surface area contributed by atoms with Gasteiger partial charge in [0.2, 0.25) is 5.88 Å². The third-order valence-electron chi connectivity index (χ3n) is 4.74. The molecule has 7 heteroatoms. The van der Waals surface area contributed by atoms with E-state index in [1.807, 2.05) is 42.5 Å². The lowest BCUT2D eigenvalue weighted by Crippen LogP contribution is -1.98. The molecule has 148 valence electrons. The Morgan fingerprint density at radius 3 is 2.67 bits per heavy atom. The number of para-hydroxylation sites is 2. The molecule has 1 N–H and O–H groups in total. The summed E-state index contributed by atoms with van der Waals surface area (Å²) in [6.45, 7) is 0. The zero-order chi connectivity index (χ0) is 20.7. The van der Waals surface area contributed by atoms with Crippen LogP contribution in [0.25, 0.3) is 10.9 Å². The van der Waals surface area contributed by atoms with Crippen LogP contribution in [0, 0.1) is 11.6 Å². The monoisotopic (exact) mass is 403 g/mol. The van der Waals surface area contributed by atoms with Crippen LogP contribution in [0.2, 0.25) is 0 Å². The van der Waals surface area contributed by atoms with Crippen LogP contribution in [0.3, 0.4) is 0 Å². The summed E-state index contributed by atoms with van der Waals surface area (Å²) in [6, 6.07) is 16.9. The number of hydrogen-bond donors (Lipinski definition) is 1. The fraction of sp³-hybridized carbons (Fsp3) is 0.0435. The first-order valence-electron chi connectivity index (χ1n) is 9.16. The number of hydrogen-bond acceptors (Lipinski definition) is 5. The van der Waals surface area contributed by atoms with Crippen molar-refractivity contribution in [2.24, 2.45) is 4.99 Å². The predicted molar refractivity (Wildman–Crippen MR) is 112 cm³/mol. The molecule has 1 aromatic heterocycles. The molecule has 0 saturated heterocycles. The molecule has 0 bridgehead atoms. The summed E-state index contributed by atoms with van der Waals surface area (Å²) in [6.07, 6.45) is 1.71. The van der Waals surface area contributed by atoms with E-state index in [2.05, 4.69) is 15.3 Å². The zero-order valence-corrected chi connectivity index (χ0v) is 15.8. The Morgan fingerprint density at radius 2 is 1.80 bits per heavy atom. The molecule has 4 aromatic rings. The van der Waals surface area contributed by atoms with Gasteiger partial charge in [-0.2, -0.15) is 0 Å². The smallest absolute Gasteiger partial charge is 0.228 e. The first kappa shape index (κ1) is 18.1. The van der Waals surface area contributed by atoms with Gasteiger partial charge in [0.05, 0.1) is 23.9 Å². The van der Waals surface area contributed by atoms with Gasteiger partial charge in [-0.1, -0.05) is 12.1 Å². The number of pyridine rings is 1. The highest BCUT2D eigenvalue weighted by atomic mass is 19.2. The molecular formula is C23H15F2N3O2. The van der Waals surface area contributed by atoms with Crippen LogP contribution >= 0.6 is 0 Å². The van der Waals surface area contributed by atoms with Gasteiger partial charge in [-0.3, -0.25) is 4.99 Å². The average Bonchev–Trinajstić information content (AvgIpc) is 2.93. The predicted octanol–water partition coefficient (Wildman–Crippen LogP) is 6.12. The summed E-state index contributed by atoms with van der Waals surface area (Å²) in [4.78, 5) is 9.07. The van der Waals surface area contributed by atoms with Gasteiger partial charge in [0.25, 0.3) is 0 Å². The number of aromatic nitrogens is 1. The lowest BCUT2D eigenvalue weighted by Gasteiger charge is -2.13. The quantitative estimate of drug-likeness (QED) is 0.394. The SMILES string of the molecule is COc1cc(F)c(F)cc1Nc1ccc2nc3c(cc2c1)C=Nc1ccccc1O3. The van der Waals surface area contributed by atoms with Crippen molar-refractivity contribution in [3.05, 3.63) is 77.9 Å². The maximum atomic E-state index is 13.7. The molecule has 0 aliphatic carbocycles. The van der Waals surface area contributed by atoms with E-state index in [1.54, 1.807) is 12.3 Å². The molecule has 30 heavy (non-hydrogen) atoms. The van der Waals surface area contributed by atoms with Crippen molar-refractivity contribution in [2.75, 3.05) is 12.4 Å². The molecule has 0 saturated carbocycles. The van der Waals surface area contributed by atoms with E-state index in [4.69, 9.17) is 9.47 Å². The normalized spacial score (nSPS) is 12.0. The fourth-order valence-corrected chi connectivity index (χ4v) is 3.27. The van der Waals surface area contributed by atoms with Gasteiger partial charge in [-0.25, -0.2) is 13.8 Å². The minimum atomic E-state index is -0.969. The lowest BCUT2D eigenvalue weighted by atomic mass is 10.1. The summed E-state index contributed by atoms with van der Waals surface area (Å²) >= 11 is 0. The molecule has 0 unspecified atom stereocenters. The topological polar surface area (TPSA) is 55.7 Å². The number of nitrogens with one attached hydrogen (secondary N) is 1. The largest absolute Gasteiger partial charge is 0.494 e. The van der Waals surface area contributed by atoms with Crippen LogP contribution in [-0.4, -0.2) is 18.3 Å². The molecule has 5 nitrogen and oxygen atoms in total. The van der Waals surface area contributed by atoms with Crippen molar-refractivity contribution >= 4 is 34.2 Å². The summed E-state index contributed by atoms with van der Waals surface area (Å²) in [5.41, 5.74) is 3.18. The molecule has 0 radical (unpaired) electrons. The van der Waals surface area contributed by atoms with E-state index in [-0.39, 0.29) is 5.75 Å². The number of fused-ring (bicyclic) bond motifs is 3. The third-order valence-corrected chi connectivity index (χ3v) is 4.74. The molecule has 0 spiro atoms. The number of ether oxygens (including phenoxy) is 2. The molecule has 0 fully saturated rings. The second kappa shape index (κ2) is 7.11. The van der Waals surface area contributed by atoms with E-state index < -0.39 is 11.6 Å². The first-order valence-corrected chi connectivity index (χ1v) is 9.16. The second-order valence-electron chi connectivity index (χ2n) is 6.71. The van der Waals surface area contributed by atoms with Crippen LogP contribution < -0.4 is 14.8 Å². The van der Waals surface area contributed by atoms with Gasteiger partial charge in [0.15, 0.2) is 17.4 Å². The van der Waals surface area contributed by atoms with Crippen molar-refractivity contribution in [1.82, 2.24) is 4.98 Å². The maximum Gasteiger partial charge on any atom is 0.228 e. The lowest BCUT2D eigenvalue weighted by molar-refractivity contribution is 0.408. The van der Waals surface area contributed by atoms with Crippen molar-refractivity contribution in [2.45, 2.75) is 0 Å². The summed E-state index contributed by atoms with van der Waals surface area (Å²) in [7, 11) is 1.40. The van der Waals surface area contributed by atoms with Crippen LogP contribution in [0.1, 0.15) is 5.56 Å². The molecule has 3 aromatic carbocycles. The minimum Gasteiger partial charge on any atom is -0.494 e. The van der Waals surface area contributed by atoms with Crippen LogP contribution in [-0.2, 0) is 0 Å². The van der Waals surface area contributed by atoms with Crippen LogP contribution in [0.4, 0.5) is 25.8 Å². The van der Waals surface area contributed by atoms with E-state index >= 15 is 0 Å². The maximum absolute atomic E-state index is 13.7. The van der Waals surface area contributed by atoms with E-state index in [9.17, 15) is 8.78 Å². The highest BCUT2D eigenvalue weighted by molar-refractivity contribution is 5.94. The number of rotatable bonds is 3. The van der Waals surface area contributed by atoms with Gasteiger partial charge in [0, 0.05) is 29.4 Å². The van der Waals surface area contributed by atoms with Crippen LogP contribution in [0.15, 0.2) is 65.7 Å². The molecule has 1 aliphatic heterocycles. The number of halogens is 2. The van der Waals surface area contributed by atoms with E-state index in [0.29, 0.717) is 23.0 Å². The van der Waals surface area contributed by atoms with Gasteiger partial charge in [0.1, 0.15) is 11.4 Å². The minimum absolute atomic E-state index is 0.201. The van der Waals surface area contributed by atoms with Gasteiger partial charge in [-0.15, -0.1) is 0 Å². The van der Waals surface area contributed by atoms with E-state index in [0.717, 1.165) is 34.3 Å². The third kappa shape index (κ3) is 3.20. The molecule has 1 aliphatic rings. The Hall–Kier alpha value is -4.00. The Bertz CT molecular complexity index is 1320. The standard InChI is InChI=1S/C23H15F2N3O2/c1-29-22-11-17(25)16(24)10-20(22)27-15-6-7-18-13(9-15)8-14-12-26-19-4-2-3-5-21(19)30-23(14)28-18/h2-12,27H,1H3. The number of nitrogens with zero attached hydrogens (tertiary/aromatic N) is 2. The number of methoxy groups -OCH3 is 1. The average molecular weight is 403 g/mol. The Balaban J connectivity index is 1.53. The Labute approximate surface area is 170 Å². The summed E-state index contributed by atoms with van der Waals surface area (Å²) < 4.78 is 38.2. The Morgan fingerprint density at radius 1 is 0.967 bits per heavy atom.